The van der Waals surface area contributed by atoms with Crippen LogP contribution in [0.3, 0.4) is 0 Å². The zero-order valence-electron chi connectivity index (χ0n) is 14.8. The summed E-state index contributed by atoms with van der Waals surface area (Å²) in [5, 5.41) is 14.5. The fourth-order valence-corrected chi connectivity index (χ4v) is 2.56. The Morgan fingerprint density at radius 3 is 2.38 bits per heavy atom. The first-order valence-electron chi connectivity index (χ1n) is 7.82. The van der Waals surface area contributed by atoms with E-state index < -0.39 is 22.8 Å². The maximum atomic E-state index is 12.6. The van der Waals surface area contributed by atoms with Gasteiger partial charge in [-0.3, -0.25) is 14.9 Å². The molecule has 0 N–H and O–H groups in total. The number of methoxy groups -OCH3 is 1. The van der Waals surface area contributed by atoms with E-state index in [9.17, 15) is 19.7 Å². The highest BCUT2D eigenvalue weighted by Crippen LogP contribution is 2.23. The third-order valence-corrected chi connectivity index (χ3v) is 3.91. The van der Waals surface area contributed by atoms with Crippen molar-refractivity contribution in [1.29, 1.82) is 0 Å². The van der Waals surface area contributed by atoms with E-state index in [-0.39, 0.29) is 17.4 Å². The maximum Gasteiger partial charge on any atom is 0.328 e. The van der Waals surface area contributed by atoms with Gasteiger partial charge in [0.15, 0.2) is 0 Å². The van der Waals surface area contributed by atoms with E-state index in [1.807, 2.05) is 0 Å². The summed E-state index contributed by atoms with van der Waals surface area (Å²) >= 11 is 0. The summed E-state index contributed by atoms with van der Waals surface area (Å²) in [6, 6.07) is 6.36. The van der Waals surface area contributed by atoms with Crippen LogP contribution in [0.5, 0.6) is 0 Å². The summed E-state index contributed by atoms with van der Waals surface area (Å²) in [5.74, 6) is -1.25. The van der Waals surface area contributed by atoms with Crippen molar-refractivity contribution in [3.8, 4) is 11.3 Å². The highest BCUT2D eigenvalue weighted by Gasteiger charge is 2.32. The fourth-order valence-electron chi connectivity index (χ4n) is 2.56. The number of likely N-dealkylation sites (N-methyl/N-ethyl adjacent to an activating group) is 1. The summed E-state index contributed by atoms with van der Waals surface area (Å²) < 4.78 is 9.85. The number of carbonyl (C=O) groups excluding carboxylic acids is 2. The van der Waals surface area contributed by atoms with Gasteiger partial charge in [-0.15, -0.1) is 0 Å². The number of carbonyl (C=O) groups is 2. The summed E-state index contributed by atoms with van der Waals surface area (Å²) in [4.78, 5) is 36.0. The van der Waals surface area contributed by atoms with Gasteiger partial charge in [-0.1, -0.05) is 19.0 Å². The van der Waals surface area contributed by atoms with Crippen molar-refractivity contribution in [1.82, 2.24) is 10.1 Å². The number of non-ortho nitro benzene ring substituents is 1. The number of esters is 1. The van der Waals surface area contributed by atoms with Gasteiger partial charge in [0.1, 0.15) is 11.7 Å². The van der Waals surface area contributed by atoms with E-state index in [0.29, 0.717) is 11.3 Å². The highest BCUT2D eigenvalue weighted by molar-refractivity contribution is 5.95. The number of nitro groups is 1. The van der Waals surface area contributed by atoms with Gasteiger partial charge in [-0.25, -0.2) is 4.79 Å². The lowest BCUT2D eigenvalue weighted by Gasteiger charge is -2.27. The van der Waals surface area contributed by atoms with Gasteiger partial charge in [0.05, 0.1) is 12.0 Å². The number of nitrogens with zero attached hydrogens (tertiary/aromatic N) is 3. The van der Waals surface area contributed by atoms with Crippen LogP contribution in [-0.4, -0.2) is 47.1 Å². The molecule has 1 amide bonds. The van der Waals surface area contributed by atoms with Crippen LogP contribution >= 0.6 is 0 Å². The second kappa shape index (κ2) is 7.77. The van der Waals surface area contributed by atoms with Crippen molar-refractivity contribution in [3.63, 3.8) is 0 Å². The average molecular weight is 361 g/mol. The zero-order chi connectivity index (χ0) is 19.4. The van der Waals surface area contributed by atoms with Crippen LogP contribution in [0.2, 0.25) is 0 Å². The first-order chi connectivity index (χ1) is 12.3. The van der Waals surface area contributed by atoms with Crippen LogP contribution in [0.25, 0.3) is 11.3 Å². The van der Waals surface area contributed by atoms with Gasteiger partial charge in [-0.05, 0) is 18.1 Å². The monoisotopic (exact) mass is 361 g/mol. The van der Waals surface area contributed by atoms with E-state index in [1.54, 1.807) is 13.8 Å². The van der Waals surface area contributed by atoms with Crippen molar-refractivity contribution in [2.75, 3.05) is 14.2 Å². The van der Waals surface area contributed by atoms with E-state index in [1.165, 1.54) is 49.4 Å². The number of rotatable bonds is 6. The van der Waals surface area contributed by atoms with Gasteiger partial charge >= 0.3 is 5.97 Å². The predicted molar refractivity (Wildman–Crippen MR) is 91.3 cm³/mol. The molecule has 0 aliphatic heterocycles. The SMILES string of the molecule is COC(=O)C(C(C)C)N(C)C(=O)c1cc(-c2ccc([N+](=O)[O-])cc2)no1. The maximum absolute atomic E-state index is 12.6. The van der Waals surface area contributed by atoms with Crippen LogP contribution in [0.4, 0.5) is 5.69 Å². The third kappa shape index (κ3) is 3.88. The lowest BCUT2D eigenvalue weighted by atomic mass is 10.0. The van der Waals surface area contributed by atoms with Gasteiger partial charge in [0, 0.05) is 30.8 Å². The van der Waals surface area contributed by atoms with E-state index in [4.69, 9.17) is 9.26 Å². The van der Waals surface area contributed by atoms with Crippen LogP contribution in [0.1, 0.15) is 24.4 Å². The molecule has 9 nitrogen and oxygen atoms in total. The highest BCUT2D eigenvalue weighted by atomic mass is 16.6. The number of nitro benzene ring substituents is 1. The zero-order valence-corrected chi connectivity index (χ0v) is 14.8. The molecular formula is C17H19N3O6. The Kier molecular flexibility index (Phi) is 5.71. The van der Waals surface area contributed by atoms with Crippen molar-refractivity contribution in [2.24, 2.45) is 5.92 Å². The van der Waals surface area contributed by atoms with E-state index in [0.717, 1.165) is 0 Å². The largest absolute Gasteiger partial charge is 0.467 e. The van der Waals surface area contributed by atoms with E-state index in [2.05, 4.69) is 5.16 Å². The Bertz CT molecular complexity index is 812. The molecule has 0 fully saturated rings. The molecule has 9 heteroatoms. The number of amides is 1. The standard InChI is InChI=1S/C17H19N3O6/c1-10(2)15(17(22)25-4)19(3)16(21)14-9-13(18-26-14)11-5-7-12(8-6-11)20(23)24/h5-10,15H,1-4H3. The van der Waals surface area contributed by atoms with Crippen molar-refractivity contribution >= 4 is 17.6 Å². The molecule has 0 saturated heterocycles. The molecule has 1 aromatic heterocycles. The van der Waals surface area contributed by atoms with Crippen LogP contribution < -0.4 is 0 Å². The Balaban J connectivity index is 2.23. The second-order valence-corrected chi connectivity index (χ2v) is 6.01. The molecule has 2 aromatic rings. The molecule has 0 aliphatic rings. The molecule has 0 bridgehead atoms. The lowest BCUT2D eigenvalue weighted by molar-refractivity contribution is -0.384. The number of hydrogen-bond acceptors (Lipinski definition) is 7. The summed E-state index contributed by atoms with van der Waals surface area (Å²) in [5.41, 5.74) is 0.872. The van der Waals surface area contributed by atoms with Gasteiger partial charge in [-0.2, -0.15) is 0 Å². The molecule has 1 atom stereocenters. The second-order valence-electron chi connectivity index (χ2n) is 6.01. The van der Waals surface area contributed by atoms with Crippen molar-refractivity contribution in [3.05, 3.63) is 46.2 Å². The lowest BCUT2D eigenvalue weighted by Crippen LogP contribution is -2.46. The van der Waals surface area contributed by atoms with Crippen LogP contribution in [-0.2, 0) is 9.53 Å². The molecule has 0 spiro atoms. The Hall–Kier alpha value is -3.23. The van der Waals surface area contributed by atoms with E-state index >= 15 is 0 Å². The Morgan fingerprint density at radius 1 is 1.27 bits per heavy atom. The Labute approximate surface area is 149 Å². The molecular weight excluding hydrogens is 342 g/mol. The van der Waals surface area contributed by atoms with Crippen LogP contribution in [0.15, 0.2) is 34.9 Å². The number of ether oxygens (including phenoxy) is 1. The summed E-state index contributed by atoms with van der Waals surface area (Å²) in [6.45, 7) is 3.60. The molecule has 0 aliphatic carbocycles. The molecule has 26 heavy (non-hydrogen) atoms. The minimum Gasteiger partial charge on any atom is -0.467 e. The van der Waals surface area contributed by atoms with Gasteiger partial charge in [0.2, 0.25) is 5.76 Å². The summed E-state index contributed by atoms with van der Waals surface area (Å²) in [6.07, 6.45) is 0. The van der Waals surface area contributed by atoms with Crippen molar-refractivity contribution < 1.29 is 23.8 Å². The van der Waals surface area contributed by atoms with Gasteiger partial charge in [0.25, 0.3) is 11.6 Å². The quantitative estimate of drug-likeness (QED) is 0.441. The van der Waals surface area contributed by atoms with Crippen molar-refractivity contribution in [2.45, 2.75) is 19.9 Å². The minimum absolute atomic E-state index is 0.0459. The first kappa shape index (κ1) is 19.1. The average Bonchev–Trinajstić information content (AvgIpc) is 3.10. The molecule has 1 heterocycles. The fraction of sp³-hybridized carbons (Fsp3) is 0.353. The first-order valence-corrected chi connectivity index (χ1v) is 7.82. The molecule has 2 rings (SSSR count). The molecule has 0 saturated carbocycles. The van der Waals surface area contributed by atoms with Gasteiger partial charge < -0.3 is 14.2 Å². The minimum atomic E-state index is -0.763. The number of hydrogen-bond donors (Lipinski definition) is 0. The number of aromatic nitrogens is 1. The topological polar surface area (TPSA) is 116 Å². The molecule has 1 aromatic carbocycles. The predicted octanol–water partition coefficient (Wildman–Crippen LogP) is 2.52. The smallest absolute Gasteiger partial charge is 0.328 e. The Morgan fingerprint density at radius 2 is 1.88 bits per heavy atom. The summed E-state index contributed by atoms with van der Waals surface area (Å²) in [7, 11) is 2.75. The number of benzene rings is 1. The molecule has 138 valence electrons. The van der Waals surface area contributed by atoms with Crippen LogP contribution in [0, 0.1) is 16.0 Å². The molecule has 0 radical (unpaired) electrons. The normalized spacial score (nSPS) is 11.9. The third-order valence-electron chi connectivity index (χ3n) is 3.91. The molecule has 1 unspecified atom stereocenters.